The zero-order valence-corrected chi connectivity index (χ0v) is 19.0. The molecule has 3 aromatic rings. The molecule has 8 heteroatoms. The number of imidazole rings is 1. The van der Waals surface area contributed by atoms with Crippen LogP contribution in [0.1, 0.15) is 38.2 Å². The quantitative estimate of drug-likeness (QED) is 0.514. The van der Waals surface area contributed by atoms with Crippen LogP contribution >= 0.6 is 0 Å². The number of benzene rings is 2. The number of para-hydroxylation sites is 2. The van der Waals surface area contributed by atoms with Gasteiger partial charge in [0.1, 0.15) is 12.4 Å². The molecular weight excluding hydrogens is 410 g/mol. The van der Waals surface area contributed by atoms with Gasteiger partial charge in [-0.15, -0.1) is 0 Å². The minimum atomic E-state index is -0.415. The van der Waals surface area contributed by atoms with E-state index in [1.165, 1.54) is 0 Å². The number of rotatable bonds is 9. The summed E-state index contributed by atoms with van der Waals surface area (Å²) in [5, 5.41) is 2.98. The van der Waals surface area contributed by atoms with E-state index < -0.39 is 6.04 Å². The highest BCUT2D eigenvalue weighted by molar-refractivity contribution is 5.81. The Balaban J connectivity index is 1.79. The molecule has 0 saturated heterocycles. The first kappa shape index (κ1) is 23.1. The summed E-state index contributed by atoms with van der Waals surface area (Å²) < 4.78 is 17.7. The Labute approximate surface area is 187 Å². The molecule has 2 aromatic carbocycles. The van der Waals surface area contributed by atoms with Gasteiger partial charge in [-0.2, -0.15) is 0 Å². The Morgan fingerprint density at radius 1 is 1.03 bits per heavy atom. The number of carbonyl (C=O) groups excluding carboxylic acids is 2. The molecule has 0 aliphatic carbocycles. The number of ether oxygens (including phenoxy) is 3. The zero-order valence-electron chi connectivity index (χ0n) is 19.0. The van der Waals surface area contributed by atoms with Gasteiger partial charge < -0.3 is 24.1 Å². The number of aromatic nitrogens is 2. The van der Waals surface area contributed by atoms with Crippen molar-refractivity contribution in [2.75, 3.05) is 14.2 Å². The molecular formula is C24H29N3O5. The largest absolute Gasteiger partial charge is 0.493 e. The molecule has 1 aromatic heterocycles. The minimum Gasteiger partial charge on any atom is -0.493 e. The van der Waals surface area contributed by atoms with Crippen molar-refractivity contribution in [2.24, 2.45) is 0 Å². The summed E-state index contributed by atoms with van der Waals surface area (Å²) in [6, 6.07) is 12.5. The predicted octanol–water partition coefficient (Wildman–Crippen LogP) is 3.43. The van der Waals surface area contributed by atoms with E-state index in [4.69, 9.17) is 14.2 Å². The van der Waals surface area contributed by atoms with Crippen molar-refractivity contribution in [2.45, 2.75) is 45.9 Å². The van der Waals surface area contributed by atoms with Crippen LogP contribution in [0.4, 0.5) is 0 Å². The summed E-state index contributed by atoms with van der Waals surface area (Å²) in [6.07, 6.45) is -0.0420. The van der Waals surface area contributed by atoms with Gasteiger partial charge in [0.15, 0.2) is 11.5 Å². The van der Waals surface area contributed by atoms with Gasteiger partial charge in [-0.25, -0.2) is 4.98 Å². The first-order valence-corrected chi connectivity index (χ1v) is 10.5. The molecule has 0 spiro atoms. The van der Waals surface area contributed by atoms with Gasteiger partial charge >= 0.3 is 5.97 Å². The highest BCUT2D eigenvalue weighted by Gasteiger charge is 2.21. The maximum Gasteiger partial charge on any atom is 0.326 e. The topological polar surface area (TPSA) is 91.7 Å². The third kappa shape index (κ3) is 5.38. The fourth-order valence-corrected chi connectivity index (χ4v) is 3.55. The Bertz CT molecular complexity index is 1110. The van der Waals surface area contributed by atoms with Crippen LogP contribution in [-0.4, -0.2) is 41.8 Å². The van der Waals surface area contributed by atoms with E-state index in [-0.39, 0.29) is 30.9 Å². The van der Waals surface area contributed by atoms with Gasteiger partial charge in [0, 0.05) is 0 Å². The average molecular weight is 440 g/mol. The number of hydrogen-bond donors (Lipinski definition) is 1. The van der Waals surface area contributed by atoms with Gasteiger partial charge in [-0.05, 0) is 50.6 Å². The van der Waals surface area contributed by atoms with Crippen molar-refractivity contribution in [3.05, 3.63) is 53.9 Å². The predicted molar refractivity (Wildman–Crippen MR) is 121 cm³/mol. The van der Waals surface area contributed by atoms with E-state index in [9.17, 15) is 9.59 Å². The van der Waals surface area contributed by atoms with Crippen molar-refractivity contribution in [3.8, 4) is 11.5 Å². The van der Waals surface area contributed by atoms with E-state index in [0.717, 1.165) is 16.6 Å². The lowest BCUT2D eigenvalue weighted by atomic mass is 10.1. The average Bonchev–Trinajstić information content (AvgIpc) is 3.11. The maximum absolute atomic E-state index is 12.7. The number of amides is 1. The normalized spacial score (nSPS) is 11.9. The second-order valence-electron chi connectivity index (χ2n) is 7.74. The fourth-order valence-electron chi connectivity index (χ4n) is 3.55. The standard InChI is InChI=1S/C24H29N3O5/c1-15(2)32-23(29)14-27-19-9-7-6-8-18(19)26-24(27)16(3)25-22(28)13-17-10-11-20(30-4)21(12-17)31-5/h6-12,15-16H,13-14H2,1-5H3,(H,25,28). The second-order valence-corrected chi connectivity index (χ2v) is 7.74. The number of nitrogens with one attached hydrogen (secondary N) is 1. The molecule has 1 unspecified atom stereocenters. The van der Waals surface area contributed by atoms with E-state index in [2.05, 4.69) is 10.3 Å². The summed E-state index contributed by atoms with van der Waals surface area (Å²) in [6.45, 7) is 5.48. The number of methoxy groups -OCH3 is 2. The van der Waals surface area contributed by atoms with E-state index in [1.54, 1.807) is 30.9 Å². The van der Waals surface area contributed by atoms with Crippen LogP contribution in [0.2, 0.25) is 0 Å². The SMILES string of the molecule is COc1ccc(CC(=O)NC(C)c2nc3ccccc3n2CC(=O)OC(C)C)cc1OC. The minimum absolute atomic E-state index is 0.0178. The van der Waals surface area contributed by atoms with Crippen LogP contribution in [0, 0.1) is 0 Å². The van der Waals surface area contributed by atoms with Crippen LogP contribution < -0.4 is 14.8 Å². The summed E-state index contributed by atoms with van der Waals surface area (Å²) in [7, 11) is 3.12. The molecule has 8 nitrogen and oxygen atoms in total. The van der Waals surface area contributed by atoms with Crippen LogP contribution in [0.15, 0.2) is 42.5 Å². The molecule has 0 bridgehead atoms. The zero-order chi connectivity index (χ0) is 23.3. The second kappa shape index (κ2) is 10.2. The van der Waals surface area contributed by atoms with Crippen LogP contribution in [0.3, 0.4) is 0 Å². The van der Waals surface area contributed by atoms with Crippen molar-refractivity contribution in [1.82, 2.24) is 14.9 Å². The summed E-state index contributed by atoms with van der Waals surface area (Å²) in [5.74, 6) is 1.23. The highest BCUT2D eigenvalue weighted by atomic mass is 16.5. The van der Waals surface area contributed by atoms with Crippen molar-refractivity contribution in [3.63, 3.8) is 0 Å². The number of nitrogens with zero attached hydrogens (tertiary/aromatic N) is 2. The number of esters is 1. The van der Waals surface area contributed by atoms with Gasteiger partial charge in [-0.1, -0.05) is 18.2 Å². The highest BCUT2D eigenvalue weighted by Crippen LogP contribution is 2.28. The van der Waals surface area contributed by atoms with Crippen LogP contribution in [0.25, 0.3) is 11.0 Å². The summed E-state index contributed by atoms with van der Waals surface area (Å²) >= 11 is 0. The molecule has 0 radical (unpaired) electrons. The maximum atomic E-state index is 12.7. The molecule has 0 saturated carbocycles. The lowest BCUT2D eigenvalue weighted by Crippen LogP contribution is -2.30. The molecule has 0 aliphatic heterocycles. The molecule has 1 atom stereocenters. The number of fused-ring (bicyclic) bond motifs is 1. The Morgan fingerprint density at radius 3 is 2.44 bits per heavy atom. The monoisotopic (exact) mass is 439 g/mol. The van der Waals surface area contributed by atoms with Crippen molar-refractivity contribution in [1.29, 1.82) is 0 Å². The molecule has 0 fully saturated rings. The van der Waals surface area contributed by atoms with Gasteiger partial charge in [-0.3, -0.25) is 9.59 Å². The summed E-state index contributed by atoms with van der Waals surface area (Å²) in [4.78, 5) is 29.7. The Kier molecular flexibility index (Phi) is 7.35. The third-order valence-electron chi connectivity index (χ3n) is 4.92. The number of carbonyl (C=O) groups is 2. The van der Waals surface area contributed by atoms with Gasteiger partial charge in [0.25, 0.3) is 0 Å². The first-order chi connectivity index (χ1) is 15.3. The van der Waals surface area contributed by atoms with E-state index >= 15 is 0 Å². The molecule has 170 valence electrons. The Hall–Kier alpha value is -3.55. The Morgan fingerprint density at radius 2 is 1.75 bits per heavy atom. The van der Waals surface area contributed by atoms with Crippen LogP contribution in [-0.2, 0) is 27.3 Å². The van der Waals surface area contributed by atoms with Gasteiger partial charge in [0.2, 0.25) is 5.91 Å². The molecule has 0 aliphatic rings. The fraction of sp³-hybridized carbons (Fsp3) is 0.375. The molecule has 1 amide bonds. The van der Waals surface area contributed by atoms with E-state index in [1.807, 2.05) is 51.1 Å². The van der Waals surface area contributed by atoms with Crippen molar-refractivity contribution < 1.29 is 23.8 Å². The lowest BCUT2D eigenvalue weighted by Gasteiger charge is -2.17. The molecule has 1 N–H and O–H groups in total. The third-order valence-corrected chi connectivity index (χ3v) is 4.92. The molecule has 1 heterocycles. The first-order valence-electron chi connectivity index (χ1n) is 10.5. The van der Waals surface area contributed by atoms with E-state index in [0.29, 0.717) is 17.3 Å². The van der Waals surface area contributed by atoms with Gasteiger partial charge in [0.05, 0.1) is 43.8 Å². The van der Waals surface area contributed by atoms with Crippen LogP contribution in [0.5, 0.6) is 11.5 Å². The number of hydrogen-bond acceptors (Lipinski definition) is 6. The summed E-state index contributed by atoms with van der Waals surface area (Å²) in [5.41, 5.74) is 2.35. The lowest BCUT2D eigenvalue weighted by molar-refractivity contribution is -0.148. The molecule has 3 rings (SSSR count). The van der Waals surface area contributed by atoms with Crippen molar-refractivity contribution >= 4 is 22.9 Å². The molecule has 32 heavy (non-hydrogen) atoms. The smallest absolute Gasteiger partial charge is 0.326 e.